The number of methoxy groups -OCH3 is 1. The van der Waals surface area contributed by atoms with Gasteiger partial charge in [0.25, 0.3) is 0 Å². The van der Waals surface area contributed by atoms with Gasteiger partial charge in [-0.3, -0.25) is 0 Å². The van der Waals surface area contributed by atoms with Crippen molar-refractivity contribution in [2.75, 3.05) is 20.2 Å². The summed E-state index contributed by atoms with van der Waals surface area (Å²) >= 11 is 1.39. The van der Waals surface area contributed by atoms with Crippen LogP contribution >= 0.6 is 11.3 Å². The number of hydrogen-bond donors (Lipinski definition) is 1. The lowest BCUT2D eigenvalue weighted by Crippen LogP contribution is -2.46. The maximum absolute atomic E-state index is 12.6. The zero-order chi connectivity index (χ0) is 14.0. The van der Waals surface area contributed by atoms with Crippen molar-refractivity contribution >= 4 is 21.4 Å². The van der Waals surface area contributed by atoms with E-state index < -0.39 is 10.0 Å². The summed E-state index contributed by atoms with van der Waals surface area (Å²) in [6, 6.07) is 1.64. The fraction of sp³-hybridized carbons (Fsp3) is 0.667. The van der Waals surface area contributed by atoms with Crippen LogP contribution in [0.1, 0.15) is 18.2 Å². The predicted octanol–water partition coefficient (Wildman–Crippen LogP) is 1.25. The average Bonchev–Trinajstić information content (AvgIpc) is 2.88. The van der Waals surface area contributed by atoms with Gasteiger partial charge in [-0.1, -0.05) is 6.92 Å². The van der Waals surface area contributed by atoms with Crippen LogP contribution in [0.3, 0.4) is 0 Å². The molecule has 0 saturated carbocycles. The second-order valence-electron chi connectivity index (χ2n) is 4.82. The van der Waals surface area contributed by atoms with Gasteiger partial charge in [0, 0.05) is 31.6 Å². The zero-order valence-electron chi connectivity index (χ0n) is 11.2. The minimum Gasteiger partial charge on any atom is -0.380 e. The molecule has 2 heterocycles. The molecule has 1 saturated heterocycles. The fourth-order valence-electron chi connectivity index (χ4n) is 2.38. The number of piperidine rings is 1. The van der Waals surface area contributed by atoms with E-state index in [0.717, 1.165) is 6.42 Å². The van der Waals surface area contributed by atoms with E-state index in [1.165, 1.54) is 15.6 Å². The minimum atomic E-state index is -3.44. The lowest BCUT2D eigenvalue weighted by molar-refractivity contribution is 0.0184. The molecule has 2 rings (SSSR count). The molecular weight excluding hydrogens is 284 g/mol. The highest BCUT2D eigenvalue weighted by Crippen LogP contribution is 2.29. The number of sulfonamides is 1. The molecule has 2 atom stereocenters. The van der Waals surface area contributed by atoms with Crippen molar-refractivity contribution in [1.82, 2.24) is 4.31 Å². The summed E-state index contributed by atoms with van der Waals surface area (Å²) in [6.45, 7) is 3.31. The van der Waals surface area contributed by atoms with Crippen LogP contribution in [0.25, 0.3) is 0 Å². The fourth-order valence-corrected chi connectivity index (χ4v) is 5.15. The van der Waals surface area contributed by atoms with Gasteiger partial charge in [-0.2, -0.15) is 4.31 Å². The Hall–Kier alpha value is -0.470. The summed E-state index contributed by atoms with van der Waals surface area (Å²) in [5.74, 6) is 0.382. The standard InChI is InChI=1S/C12H20N2O3S2/c1-9-3-5-14(8-10(9)17-2)19(15,16)12-4-6-18-11(12)7-13/h4,6,9-10H,3,5,7-8,13H2,1-2H3. The molecule has 0 aliphatic carbocycles. The number of nitrogens with zero attached hydrogens (tertiary/aromatic N) is 1. The van der Waals surface area contributed by atoms with E-state index >= 15 is 0 Å². The number of rotatable bonds is 4. The van der Waals surface area contributed by atoms with Gasteiger partial charge in [-0.05, 0) is 23.8 Å². The molecule has 1 aliphatic heterocycles. The van der Waals surface area contributed by atoms with Gasteiger partial charge in [-0.15, -0.1) is 11.3 Å². The van der Waals surface area contributed by atoms with Crippen molar-refractivity contribution in [2.24, 2.45) is 11.7 Å². The first kappa shape index (κ1) is 14.9. The quantitative estimate of drug-likeness (QED) is 0.908. The first-order valence-corrected chi connectivity index (χ1v) is 8.62. The van der Waals surface area contributed by atoms with Crippen LogP contribution in [0, 0.1) is 5.92 Å². The molecule has 0 bridgehead atoms. The molecule has 1 aliphatic rings. The highest BCUT2D eigenvalue weighted by atomic mass is 32.2. The van der Waals surface area contributed by atoms with Crippen LogP contribution in [-0.4, -0.2) is 39.0 Å². The van der Waals surface area contributed by atoms with Crippen molar-refractivity contribution in [3.05, 3.63) is 16.3 Å². The normalized spacial score (nSPS) is 25.6. The van der Waals surface area contributed by atoms with Gasteiger partial charge in [-0.25, -0.2) is 8.42 Å². The van der Waals surface area contributed by atoms with Crippen LogP contribution < -0.4 is 5.73 Å². The second-order valence-corrected chi connectivity index (χ2v) is 7.72. The van der Waals surface area contributed by atoms with E-state index in [4.69, 9.17) is 10.5 Å². The number of thiophene rings is 1. The van der Waals surface area contributed by atoms with E-state index in [1.807, 2.05) is 0 Å². The highest BCUT2D eigenvalue weighted by Gasteiger charge is 2.34. The molecule has 0 amide bonds. The zero-order valence-corrected chi connectivity index (χ0v) is 12.8. The Morgan fingerprint density at radius 1 is 1.58 bits per heavy atom. The average molecular weight is 304 g/mol. The monoisotopic (exact) mass is 304 g/mol. The minimum absolute atomic E-state index is 0.0384. The van der Waals surface area contributed by atoms with E-state index in [-0.39, 0.29) is 12.6 Å². The maximum atomic E-state index is 12.6. The lowest BCUT2D eigenvalue weighted by atomic mass is 9.97. The highest BCUT2D eigenvalue weighted by molar-refractivity contribution is 7.89. The molecule has 2 N–H and O–H groups in total. The molecule has 2 unspecified atom stereocenters. The molecule has 5 nitrogen and oxygen atoms in total. The maximum Gasteiger partial charge on any atom is 0.244 e. The Bertz CT molecular complexity index is 527. The van der Waals surface area contributed by atoms with Crippen LogP contribution in [0.5, 0.6) is 0 Å². The van der Waals surface area contributed by atoms with Crippen molar-refractivity contribution in [2.45, 2.75) is 30.9 Å². The molecule has 1 aromatic heterocycles. The molecule has 1 aromatic rings. The summed E-state index contributed by atoms with van der Waals surface area (Å²) in [4.78, 5) is 1.07. The number of hydrogen-bond acceptors (Lipinski definition) is 5. The van der Waals surface area contributed by atoms with Crippen LogP contribution in [-0.2, 0) is 21.3 Å². The second kappa shape index (κ2) is 5.88. The third-order valence-corrected chi connectivity index (χ3v) is 6.68. The summed E-state index contributed by atoms with van der Waals surface area (Å²) in [5, 5.41) is 1.77. The third kappa shape index (κ3) is 2.85. The van der Waals surface area contributed by atoms with Crippen molar-refractivity contribution < 1.29 is 13.2 Å². The van der Waals surface area contributed by atoms with Gasteiger partial charge in [0.2, 0.25) is 10.0 Å². The molecule has 0 radical (unpaired) electrons. The molecule has 0 spiro atoms. The van der Waals surface area contributed by atoms with Gasteiger partial charge in [0.1, 0.15) is 0 Å². The van der Waals surface area contributed by atoms with E-state index in [9.17, 15) is 8.42 Å². The predicted molar refractivity (Wildman–Crippen MR) is 75.5 cm³/mol. The van der Waals surface area contributed by atoms with Crippen LogP contribution in [0.15, 0.2) is 16.3 Å². The van der Waals surface area contributed by atoms with Gasteiger partial charge in [0.15, 0.2) is 0 Å². The van der Waals surface area contributed by atoms with Crippen LogP contribution in [0.2, 0.25) is 0 Å². The smallest absolute Gasteiger partial charge is 0.244 e. The van der Waals surface area contributed by atoms with Gasteiger partial charge < -0.3 is 10.5 Å². The van der Waals surface area contributed by atoms with Crippen molar-refractivity contribution in [3.8, 4) is 0 Å². The Morgan fingerprint density at radius 3 is 2.95 bits per heavy atom. The number of ether oxygens (including phenoxy) is 1. The van der Waals surface area contributed by atoms with Crippen molar-refractivity contribution in [1.29, 1.82) is 0 Å². The van der Waals surface area contributed by atoms with E-state index in [2.05, 4.69) is 6.92 Å². The summed E-state index contributed by atoms with van der Waals surface area (Å²) in [7, 11) is -1.81. The molecule has 19 heavy (non-hydrogen) atoms. The Labute approximate surface area is 118 Å². The van der Waals surface area contributed by atoms with Gasteiger partial charge >= 0.3 is 0 Å². The summed E-state index contributed by atoms with van der Waals surface area (Å²) in [5.41, 5.74) is 5.60. The summed E-state index contributed by atoms with van der Waals surface area (Å²) in [6.07, 6.45) is 0.781. The first-order valence-electron chi connectivity index (χ1n) is 6.30. The topological polar surface area (TPSA) is 72.6 Å². The molecule has 108 valence electrons. The van der Waals surface area contributed by atoms with Gasteiger partial charge in [0.05, 0.1) is 11.0 Å². The third-order valence-electron chi connectivity index (χ3n) is 3.66. The van der Waals surface area contributed by atoms with Crippen LogP contribution in [0.4, 0.5) is 0 Å². The SMILES string of the molecule is COC1CN(S(=O)(=O)c2ccsc2CN)CCC1C. The number of nitrogens with two attached hydrogens (primary N) is 1. The summed E-state index contributed by atoms with van der Waals surface area (Å²) < 4.78 is 32.1. The van der Waals surface area contributed by atoms with E-state index in [0.29, 0.717) is 28.8 Å². The van der Waals surface area contributed by atoms with E-state index in [1.54, 1.807) is 18.6 Å². The van der Waals surface area contributed by atoms with Crippen molar-refractivity contribution in [3.63, 3.8) is 0 Å². The molecular formula is C12H20N2O3S2. The Kier molecular flexibility index (Phi) is 4.62. The Morgan fingerprint density at radius 2 is 2.32 bits per heavy atom. The molecule has 0 aromatic carbocycles. The first-order chi connectivity index (χ1) is 9.00. The molecule has 7 heteroatoms. The Balaban J connectivity index is 2.25. The lowest BCUT2D eigenvalue weighted by Gasteiger charge is -2.35. The largest absolute Gasteiger partial charge is 0.380 e. The molecule has 1 fully saturated rings.